The molecule has 2 rings (SSSR count). The molecule has 8 heteroatoms. The molecule has 0 saturated carbocycles. The SMILES string of the molecule is CCNC(=NCCCN1CCC(C)CC1)NCCNC(=O)c1ccco1.I. The first-order valence-electron chi connectivity index (χ1n) is 9.75. The van der Waals surface area contributed by atoms with Gasteiger partial charge in [-0.25, -0.2) is 0 Å². The molecule has 1 fully saturated rings. The highest BCUT2D eigenvalue weighted by Gasteiger charge is 2.14. The highest BCUT2D eigenvalue weighted by molar-refractivity contribution is 14.0. The lowest BCUT2D eigenvalue weighted by molar-refractivity contribution is 0.0926. The van der Waals surface area contributed by atoms with Crippen LogP contribution >= 0.6 is 24.0 Å². The zero-order valence-corrected chi connectivity index (χ0v) is 18.8. The molecule has 154 valence electrons. The van der Waals surface area contributed by atoms with Gasteiger partial charge in [-0.05, 0) is 63.9 Å². The fraction of sp³-hybridized carbons (Fsp3) is 0.684. The van der Waals surface area contributed by atoms with E-state index in [2.05, 4.69) is 32.8 Å². The summed E-state index contributed by atoms with van der Waals surface area (Å²) in [5.74, 6) is 1.81. The van der Waals surface area contributed by atoms with Crippen molar-refractivity contribution in [2.45, 2.75) is 33.1 Å². The van der Waals surface area contributed by atoms with Crippen LogP contribution in [0.1, 0.15) is 43.7 Å². The highest BCUT2D eigenvalue weighted by atomic mass is 127. The summed E-state index contributed by atoms with van der Waals surface area (Å²) >= 11 is 0. The maximum Gasteiger partial charge on any atom is 0.287 e. The number of amides is 1. The van der Waals surface area contributed by atoms with Gasteiger partial charge in [-0.2, -0.15) is 0 Å². The van der Waals surface area contributed by atoms with E-state index in [-0.39, 0.29) is 29.9 Å². The molecule has 1 aliphatic heterocycles. The number of halogens is 1. The van der Waals surface area contributed by atoms with Crippen molar-refractivity contribution < 1.29 is 9.21 Å². The lowest BCUT2D eigenvalue weighted by Crippen LogP contribution is -2.41. The number of likely N-dealkylation sites (tertiary alicyclic amines) is 1. The minimum Gasteiger partial charge on any atom is -0.459 e. The zero-order valence-electron chi connectivity index (χ0n) is 16.5. The Morgan fingerprint density at radius 2 is 2.00 bits per heavy atom. The third-order valence-corrected chi connectivity index (χ3v) is 4.57. The van der Waals surface area contributed by atoms with Crippen LogP contribution in [0.3, 0.4) is 0 Å². The summed E-state index contributed by atoms with van der Waals surface area (Å²) in [5.41, 5.74) is 0. The Hall–Kier alpha value is -1.29. The maximum absolute atomic E-state index is 11.8. The number of guanidine groups is 1. The normalized spacial score (nSPS) is 15.9. The average molecular weight is 491 g/mol. The molecule has 1 aromatic heterocycles. The van der Waals surface area contributed by atoms with Crippen molar-refractivity contribution in [2.75, 3.05) is 45.8 Å². The first-order valence-corrected chi connectivity index (χ1v) is 9.75. The van der Waals surface area contributed by atoms with Gasteiger partial charge in [0.1, 0.15) is 0 Å². The second-order valence-corrected chi connectivity index (χ2v) is 6.80. The fourth-order valence-electron chi connectivity index (χ4n) is 2.96. The van der Waals surface area contributed by atoms with Crippen molar-refractivity contribution in [3.05, 3.63) is 24.2 Å². The van der Waals surface area contributed by atoms with Crippen LogP contribution in [0.4, 0.5) is 0 Å². The van der Waals surface area contributed by atoms with Crippen LogP contribution in [0.25, 0.3) is 0 Å². The molecule has 2 heterocycles. The molecule has 0 unspecified atom stereocenters. The van der Waals surface area contributed by atoms with Gasteiger partial charge in [0.25, 0.3) is 5.91 Å². The number of carbonyl (C=O) groups is 1. The van der Waals surface area contributed by atoms with Crippen molar-refractivity contribution in [3.8, 4) is 0 Å². The van der Waals surface area contributed by atoms with Crippen molar-refractivity contribution in [3.63, 3.8) is 0 Å². The van der Waals surface area contributed by atoms with Crippen LogP contribution in [-0.2, 0) is 0 Å². The zero-order chi connectivity index (χ0) is 18.6. The van der Waals surface area contributed by atoms with E-state index < -0.39 is 0 Å². The molecule has 7 nitrogen and oxygen atoms in total. The summed E-state index contributed by atoms with van der Waals surface area (Å²) in [4.78, 5) is 18.9. The van der Waals surface area contributed by atoms with E-state index in [0.29, 0.717) is 18.8 Å². The Labute approximate surface area is 179 Å². The van der Waals surface area contributed by atoms with Gasteiger partial charge in [0.05, 0.1) is 6.26 Å². The number of nitrogens with one attached hydrogen (secondary N) is 3. The number of hydrogen-bond acceptors (Lipinski definition) is 4. The summed E-state index contributed by atoms with van der Waals surface area (Å²) in [6.45, 7) is 10.7. The molecule has 1 amide bonds. The summed E-state index contributed by atoms with van der Waals surface area (Å²) in [5, 5.41) is 9.29. The molecule has 1 aliphatic rings. The molecule has 3 N–H and O–H groups in total. The number of piperidine rings is 1. The molecule has 0 radical (unpaired) electrons. The summed E-state index contributed by atoms with van der Waals surface area (Å²) < 4.78 is 5.06. The number of carbonyl (C=O) groups excluding carboxylic acids is 1. The Balaban J connectivity index is 0.00000364. The molecule has 1 saturated heterocycles. The molecule has 0 aliphatic carbocycles. The second-order valence-electron chi connectivity index (χ2n) is 6.80. The van der Waals surface area contributed by atoms with Crippen LogP contribution in [0.5, 0.6) is 0 Å². The Morgan fingerprint density at radius 3 is 2.67 bits per heavy atom. The van der Waals surface area contributed by atoms with Gasteiger partial charge in [0, 0.05) is 26.2 Å². The van der Waals surface area contributed by atoms with E-state index in [1.807, 2.05) is 6.92 Å². The number of furan rings is 1. The number of aliphatic imine (C=N–C) groups is 1. The molecule has 0 atom stereocenters. The Kier molecular flexibility index (Phi) is 12.2. The molecular weight excluding hydrogens is 457 g/mol. The topological polar surface area (TPSA) is 81.9 Å². The maximum atomic E-state index is 11.8. The van der Waals surface area contributed by atoms with E-state index in [1.54, 1.807) is 12.1 Å². The monoisotopic (exact) mass is 491 g/mol. The minimum atomic E-state index is -0.199. The van der Waals surface area contributed by atoms with Crippen molar-refractivity contribution in [1.29, 1.82) is 0 Å². The van der Waals surface area contributed by atoms with Crippen molar-refractivity contribution in [1.82, 2.24) is 20.9 Å². The lowest BCUT2D eigenvalue weighted by Gasteiger charge is -2.29. The van der Waals surface area contributed by atoms with Gasteiger partial charge < -0.3 is 25.3 Å². The number of nitrogens with zero attached hydrogens (tertiary/aromatic N) is 2. The van der Waals surface area contributed by atoms with Crippen LogP contribution in [0, 0.1) is 5.92 Å². The number of rotatable bonds is 9. The number of hydrogen-bond donors (Lipinski definition) is 3. The fourth-order valence-corrected chi connectivity index (χ4v) is 2.96. The van der Waals surface area contributed by atoms with Gasteiger partial charge in [-0.15, -0.1) is 24.0 Å². The van der Waals surface area contributed by atoms with Crippen LogP contribution in [-0.4, -0.2) is 62.6 Å². The van der Waals surface area contributed by atoms with Gasteiger partial charge in [-0.3, -0.25) is 9.79 Å². The predicted octanol–water partition coefficient (Wildman–Crippen LogP) is 2.30. The largest absolute Gasteiger partial charge is 0.459 e. The van der Waals surface area contributed by atoms with E-state index in [9.17, 15) is 4.79 Å². The van der Waals surface area contributed by atoms with Crippen molar-refractivity contribution in [2.24, 2.45) is 10.9 Å². The standard InChI is InChI=1S/C19H33N5O2.HI/c1-3-20-19(22-9-5-12-24-13-7-16(2)8-14-24)23-11-10-21-18(25)17-6-4-15-26-17;/h4,6,15-16H,3,5,7-14H2,1-2H3,(H,21,25)(H2,20,22,23);1H. The van der Waals surface area contributed by atoms with Gasteiger partial charge in [-0.1, -0.05) is 6.92 Å². The predicted molar refractivity (Wildman–Crippen MR) is 120 cm³/mol. The van der Waals surface area contributed by atoms with Crippen LogP contribution < -0.4 is 16.0 Å². The third-order valence-electron chi connectivity index (χ3n) is 4.57. The van der Waals surface area contributed by atoms with E-state index >= 15 is 0 Å². The van der Waals surface area contributed by atoms with Crippen LogP contribution in [0.2, 0.25) is 0 Å². The second kappa shape index (κ2) is 13.8. The van der Waals surface area contributed by atoms with Gasteiger partial charge in [0.15, 0.2) is 11.7 Å². The van der Waals surface area contributed by atoms with E-state index in [0.717, 1.165) is 37.9 Å². The molecule has 0 aromatic carbocycles. The quantitative estimate of drug-likeness (QED) is 0.214. The Morgan fingerprint density at radius 1 is 1.26 bits per heavy atom. The van der Waals surface area contributed by atoms with Gasteiger partial charge in [0.2, 0.25) is 0 Å². The van der Waals surface area contributed by atoms with Gasteiger partial charge >= 0.3 is 0 Å². The minimum absolute atomic E-state index is 0. The molecule has 0 spiro atoms. The first-order chi connectivity index (χ1) is 12.7. The highest BCUT2D eigenvalue weighted by Crippen LogP contribution is 2.15. The molecule has 27 heavy (non-hydrogen) atoms. The first kappa shape index (κ1) is 23.7. The summed E-state index contributed by atoms with van der Waals surface area (Å²) in [7, 11) is 0. The van der Waals surface area contributed by atoms with E-state index in [4.69, 9.17) is 4.42 Å². The Bertz CT molecular complexity index is 542. The average Bonchev–Trinajstić information content (AvgIpc) is 3.18. The van der Waals surface area contributed by atoms with E-state index in [1.165, 1.54) is 32.2 Å². The summed E-state index contributed by atoms with van der Waals surface area (Å²) in [6, 6.07) is 3.35. The summed E-state index contributed by atoms with van der Waals surface area (Å²) in [6.07, 6.45) is 5.20. The van der Waals surface area contributed by atoms with Crippen LogP contribution in [0.15, 0.2) is 27.8 Å². The van der Waals surface area contributed by atoms with Crippen molar-refractivity contribution >= 4 is 35.8 Å². The lowest BCUT2D eigenvalue weighted by atomic mass is 9.99. The third kappa shape index (κ3) is 9.46. The smallest absolute Gasteiger partial charge is 0.287 e. The molecule has 0 bridgehead atoms. The molecular formula is C19H34IN5O2. The molecule has 1 aromatic rings.